The molecule has 0 aromatic rings. The van der Waals surface area contributed by atoms with Crippen molar-refractivity contribution >= 4 is 15.8 Å². The first-order valence-corrected chi connectivity index (χ1v) is 7.11. The van der Waals surface area contributed by atoms with Crippen molar-refractivity contribution in [2.45, 2.75) is 38.6 Å². The number of hydrogen-bond donors (Lipinski definition) is 0. The summed E-state index contributed by atoms with van der Waals surface area (Å²) in [6.07, 6.45) is 2.52. The Bertz CT molecular complexity index is 353. The first-order valence-electron chi connectivity index (χ1n) is 5.50. The first-order chi connectivity index (χ1) is 6.99. The molecular formula is C10H17NO3S. The zero-order valence-corrected chi connectivity index (χ0v) is 9.79. The van der Waals surface area contributed by atoms with Gasteiger partial charge in [0.15, 0.2) is 0 Å². The van der Waals surface area contributed by atoms with Crippen molar-refractivity contribution in [3.8, 4) is 0 Å². The van der Waals surface area contributed by atoms with Crippen LogP contribution < -0.4 is 0 Å². The van der Waals surface area contributed by atoms with E-state index in [1.807, 2.05) is 6.92 Å². The molecule has 1 heterocycles. The number of carbonyl (C=O) groups excluding carboxylic acids is 1. The van der Waals surface area contributed by atoms with Gasteiger partial charge in [-0.2, -0.15) is 4.31 Å². The van der Waals surface area contributed by atoms with E-state index in [1.165, 1.54) is 0 Å². The minimum absolute atomic E-state index is 0.0812. The van der Waals surface area contributed by atoms with Crippen LogP contribution in [0.15, 0.2) is 0 Å². The fourth-order valence-electron chi connectivity index (χ4n) is 2.52. The number of ketones is 1. The highest BCUT2D eigenvalue weighted by Crippen LogP contribution is 2.28. The third kappa shape index (κ3) is 2.23. The maximum Gasteiger partial charge on any atom is 0.214 e. The minimum Gasteiger partial charge on any atom is -0.300 e. The van der Waals surface area contributed by atoms with Crippen LogP contribution in [0.5, 0.6) is 0 Å². The molecule has 1 aliphatic carbocycles. The fourth-order valence-corrected chi connectivity index (χ4v) is 4.68. The highest BCUT2D eigenvalue weighted by atomic mass is 32.2. The van der Waals surface area contributed by atoms with Crippen molar-refractivity contribution < 1.29 is 13.2 Å². The van der Waals surface area contributed by atoms with Crippen LogP contribution in [0.3, 0.4) is 0 Å². The molecule has 86 valence electrons. The number of nitrogens with zero attached hydrogens (tertiary/aromatic N) is 1. The van der Waals surface area contributed by atoms with Crippen LogP contribution in [0.25, 0.3) is 0 Å². The van der Waals surface area contributed by atoms with Crippen LogP contribution >= 0.6 is 0 Å². The molecule has 1 unspecified atom stereocenters. The van der Waals surface area contributed by atoms with E-state index in [9.17, 15) is 13.2 Å². The molecule has 0 spiro atoms. The normalized spacial score (nSPS) is 33.4. The lowest BCUT2D eigenvalue weighted by Crippen LogP contribution is -2.39. The van der Waals surface area contributed by atoms with Crippen molar-refractivity contribution in [3.05, 3.63) is 0 Å². The Kier molecular flexibility index (Phi) is 2.85. The summed E-state index contributed by atoms with van der Waals surface area (Å²) in [6, 6.07) is 0.0812. The van der Waals surface area contributed by atoms with Gasteiger partial charge in [0.05, 0.1) is 5.75 Å². The molecular weight excluding hydrogens is 214 g/mol. The van der Waals surface area contributed by atoms with E-state index in [-0.39, 0.29) is 23.5 Å². The van der Waals surface area contributed by atoms with E-state index >= 15 is 0 Å². The van der Waals surface area contributed by atoms with Gasteiger partial charge in [-0.15, -0.1) is 0 Å². The topological polar surface area (TPSA) is 54.5 Å². The Morgan fingerprint density at radius 3 is 2.33 bits per heavy atom. The largest absolute Gasteiger partial charge is 0.300 e. The molecule has 1 saturated heterocycles. The Morgan fingerprint density at radius 2 is 1.87 bits per heavy atom. The second-order valence-electron chi connectivity index (χ2n) is 4.72. The van der Waals surface area contributed by atoms with E-state index in [1.54, 1.807) is 4.31 Å². The van der Waals surface area contributed by atoms with Crippen molar-refractivity contribution in [2.75, 3.05) is 12.3 Å². The number of Topliss-reactive ketones (excluding diaryl/α,β-unsaturated/α-hetero) is 1. The Balaban J connectivity index is 2.08. The van der Waals surface area contributed by atoms with Gasteiger partial charge in [-0.05, 0) is 18.8 Å². The highest BCUT2D eigenvalue weighted by Gasteiger charge is 2.39. The molecule has 1 atom stereocenters. The monoisotopic (exact) mass is 231 g/mol. The molecule has 0 aromatic carbocycles. The van der Waals surface area contributed by atoms with Crippen LogP contribution in [0, 0.1) is 5.92 Å². The van der Waals surface area contributed by atoms with E-state index < -0.39 is 10.0 Å². The summed E-state index contributed by atoms with van der Waals surface area (Å²) in [6.45, 7) is 2.60. The molecule has 2 rings (SSSR count). The first kappa shape index (κ1) is 11.1. The number of rotatable bonds is 1. The minimum atomic E-state index is -3.03. The third-order valence-electron chi connectivity index (χ3n) is 3.26. The maximum atomic E-state index is 11.8. The molecule has 0 bridgehead atoms. The smallest absolute Gasteiger partial charge is 0.214 e. The van der Waals surface area contributed by atoms with Crippen molar-refractivity contribution in [1.82, 2.24) is 4.31 Å². The molecule has 0 amide bonds. The predicted molar refractivity (Wildman–Crippen MR) is 56.9 cm³/mol. The Labute approximate surface area is 90.7 Å². The maximum absolute atomic E-state index is 11.8. The van der Waals surface area contributed by atoms with E-state index in [0.717, 1.165) is 0 Å². The zero-order chi connectivity index (χ0) is 11.1. The average Bonchev–Trinajstić information content (AvgIpc) is 2.41. The summed E-state index contributed by atoms with van der Waals surface area (Å²) >= 11 is 0. The lowest BCUT2D eigenvalue weighted by Gasteiger charge is -2.29. The summed E-state index contributed by atoms with van der Waals surface area (Å²) in [5.74, 6) is 0.779. The van der Waals surface area contributed by atoms with Crippen LogP contribution in [0.1, 0.15) is 32.6 Å². The lowest BCUT2D eigenvalue weighted by molar-refractivity contribution is -0.120. The van der Waals surface area contributed by atoms with Gasteiger partial charge in [0.2, 0.25) is 10.0 Å². The van der Waals surface area contributed by atoms with Gasteiger partial charge in [0, 0.05) is 25.4 Å². The van der Waals surface area contributed by atoms with E-state index in [0.29, 0.717) is 32.2 Å². The lowest BCUT2D eigenvalue weighted by atomic mass is 9.94. The van der Waals surface area contributed by atoms with Crippen molar-refractivity contribution in [3.63, 3.8) is 0 Å². The van der Waals surface area contributed by atoms with Crippen LogP contribution in [-0.4, -0.2) is 36.8 Å². The van der Waals surface area contributed by atoms with Gasteiger partial charge < -0.3 is 0 Å². The zero-order valence-electron chi connectivity index (χ0n) is 8.98. The number of hydrogen-bond acceptors (Lipinski definition) is 3. The SMILES string of the molecule is CC1CN(C2CCC(=O)CC2)S(=O)(=O)C1. The van der Waals surface area contributed by atoms with Crippen LogP contribution in [-0.2, 0) is 14.8 Å². The summed E-state index contributed by atoms with van der Waals surface area (Å²) in [5.41, 5.74) is 0. The molecule has 2 fully saturated rings. The predicted octanol–water partition coefficient (Wildman–Crippen LogP) is 0.780. The van der Waals surface area contributed by atoms with Gasteiger partial charge in [-0.25, -0.2) is 8.42 Å². The fraction of sp³-hybridized carbons (Fsp3) is 0.900. The highest BCUT2D eigenvalue weighted by molar-refractivity contribution is 7.89. The molecule has 15 heavy (non-hydrogen) atoms. The summed E-state index contributed by atoms with van der Waals surface area (Å²) in [5, 5.41) is 0. The van der Waals surface area contributed by atoms with E-state index in [2.05, 4.69) is 0 Å². The Hall–Kier alpha value is -0.420. The second kappa shape index (κ2) is 3.87. The second-order valence-corrected chi connectivity index (χ2v) is 6.69. The summed E-state index contributed by atoms with van der Waals surface area (Å²) in [7, 11) is -3.03. The molecule has 0 aromatic heterocycles. The van der Waals surface area contributed by atoms with Gasteiger partial charge in [0.1, 0.15) is 5.78 Å². The molecule has 4 nitrogen and oxygen atoms in total. The molecule has 1 saturated carbocycles. The van der Waals surface area contributed by atoms with Crippen LogP contribution in [0.2, 0.25) is 0 Å². The van der Waals surface area contributed by atoms with Gasteiger partial charge in [0.25, 0.3) is 0 Å². The Morgan fingerprint density at radius 1 is 1.27 bits per heavy atom. The van der Waals surface area contributed by atoms with Gasteiger partial charge in [-0.3, -0.25) is 4.79 Å². The standard InChI is InChI=1S/C10H17NO3S/c1-8-6-11(15(13,14)7-8)9-2-4-10(12)5-3-9/h8-9H,2-7H2,1H3. The summed E-state index contributed by atoms with van der Waals surface area (Å²) in [4.78, 5) is 11.1. The van der Waals surface area contributed by atoms with Gasteiger partial charge >= 0.3 is 0 Å². The van der Waals surface area contributed by atoms with E-state index in [4.69, 9.17) is 0 Å². The van der Waals surface area contributed by atoms with Gasteiger partial charge in [-0.1, -0.05) is 6.92 Å². The molecule has 2 aliphatic rings. The quantitative estimate of drug-likeness (QED) is 0.670. The summed E-state index contributed by atoms with van der Waals surface area (Å²) < 4.78 is 25.2. The van der Waals surface area contributed by atoms with Crippen molar-refractivity contribution in [2.24, 2.45) is 5.92 Å². The number of carbonyl (C=O) groups is 1. The van der Waals surface area contributed by atoms with Crippen molar-refractivity contribution in [1.29, 1.82) is 0 Å². The molecule has 5 heteroatoms. The molecule has 0 radical (unpaired) electrons. The molecule has 1 aliphatic heterocycles. The molecule has 0 N–H and O–H groups in total. The average molecular weight is 231 g/mol. The van der Waals surface area contributed by atoms with Crippen LogP contribution in [0.4, 0.5) is 0 Å². The third-order valence-corrected chi connectivity index (χ3v) is 5.42. The number of sulfonamides is 1.